The van der Waals surface area contributed by atoms with Crippen LogP contribution in [-0.2, 0) is 0 Å². The van der Waals surface area contributed by atoms with E-state index in [1.54, 1.807) is 0 Å². The summed E-state index contributed by atoms with van der Waals surface area (Å²) in [6.45, 7) is 17.9. The number of nitrogens with zero attached hydrogens (tertiary/aromatic N) is 8. The molecule has 390 valence electrons. The summed E-state index contributed by atoms with van der Waals surface area (Å²) in [6.07, 6.45) is 4.04. The summed E-state index contributed by atoms with van der Waals surface area (Å²) in [7, 11) is 0. The molecule has 0 spiro atoms. The second-order valence-corrected chi connectivity index (χ2v) is 23.6. The first kappa shape index (κ1) is 48.9. The highest BCUT2D eigenvalue weighted by atomic mass is 15.4. The van der Waals surface area contributed by atoms with Gasteiger partial charge in [-0.2, -0.15) is 0 Å². The monoisotopic (exact) mass is 1040 g/mol. The minimum absolute atomic E-state index is 0.312. The number of fused-ring (bicyclic) bond motifs is 6. The maximum absolute atomic E-state index is 5.28. The Morgan fingerprint density at radius 3 is 0.875 bits per heavy atom. The average Bonchev–Trinajstić information content (AvgIpc) is 4.19. The smallest absolute Gasteiger partial charge is 0.137 e. The Labute approximate surface area is 467 Å². The van der Waals surface area contributed by atoms with Crippen LogP contribution in [0.5, 0.6) is 0 Å². The molecule has 8 aromatic carbocycles. The van der Waals surface area contributed by atoms with Gasteiger partial charge in [-0.15, -0.1) is 0 Å². The fourth-order valence-electron chi connectivity index (χ4n) is 12.2. The Balaban J connectivity index is 0.863. The SMILES string of the molecule is CC1(C)N=C(c2ccccc2)N(c2ccc(-c3ccc4c(c3)c3cc(-c5ccc6c(c5)c5cc(-c7ccc(N8C(c9ccccc9)=NC(C)(C)C8(C)C)nc7)ccc5n6-c5ccccc5)ccc3n4-c3ccccc3)cn2)C1(C)C. The van der Waals surface area contributed by atoms with Crippen molar-refractivity contribution in [2.45, 2.75) is 77.5 Å². The minimum Gasteiger partial charge on any atom is -0.309 e. The molecule has 8 heteroatoms. The van der Waals surface area contributed by atoms with E-state index in [2.05, 4.69) is 293 Å². The van der Waals surface area contributed by atoms with E-state index in [0.717, 1.165) is 101 Å². The Bertz CT molecular complexity index is 4150. The van der Waals surface area contributed by atoms with Gasteiger partial charge in [0.05, 0.1) is 44.2 Å². The third-order valence-electron chi connectivity index (χ3n) is 17.9. The third kappa shape index (κ3) is 7.64. The highest BCUT2D eigenvalue weighted by Gasteiger charge is 2.51. The van der Waals surface area contributed by atoms with Crippen molar-refractivity contribution in [3.05, 3.63) is 242 Å². The van der Waals surface area contributed by atoms with E-state index in [0.29, 0.717) is 0 Å². The highest BCUT2D eigenvalue weighted by molar-refractivity contribution is 6.15. The minimum atomic E-state index is -0.327. The molecule has 0 N–H and O–H groups in total. The van der Waals surface area contributed by atoms with Crippen molar-refractivity contribution in [2.75, 3.05) is 9.80 Å². The van der Waals surface area contributed by atoms with Gasteiger partial charge in [0.2, 0.25) is 0 Å². The lowest BCUT2D eigenvalue weighted by Crippen LogP contribution is -2.53. The van der Waals surface area contributed by atoms with E-state index in [9.17, 15) is 0 Å². The van der Waals surface area contributed by atoms with Gasteiger partial charge in [-0.1, -0.05) is 121 Å². The molecule has 0 saturated carbocycles. The van der Waals surface area contributed by atoms with E-state index < -0.39 is 0 Å². The molecule has 0 saturated heterocycles. The molecule has 4 aromatic heterocycles. The molecule has 12 aromatic rings. The van der Waals surface area contributed by atoms with Crippen LogP contribution in [0.1, 0.15) is 66.5 Å². The number of anilines is 2. The van der Waals surface area contributed by atoms with E-state index >= 15 is 0 Å². The molecular formula is C72H62N8. The van der Waals surface area contributed by atoms with E-state index in [-0.39, 0.29) is 22.2 Å². The van der Waals surface area contributed by atoms with E-state index in [1.807, 2.05) is 12.4 Å². The fourth-order valence-corrected chi connectivity index (χ4v) is 12.2. The standard InChI is InChI=1S/C72H62N8/c1-69(2)71(5,6)79(67(75-69)47-21-13-9-14-22-47)65-39-33-53(45-73-65)51-31-37-63-59(43-51)57-41-49(29-35-61(57)77(63)55-25-17-11-18-26-55)50-30-36-62-58(42-50)60-44-52(32-38-64(60)78(62)56-27-19-12-20-28-56)54-34-40-66(74-46-54)80-68(48-23-15-10-16-24-48)76-70(3,4)72(80,7)8/h9-46H,1-8H3. The lowest BCUT2D eigenvalue weighted by Gasteiger charge is -2.40. The summed E-state index contributed by atoms with van der Waals surface area (Å²) >= 11 is 0. The van der Waals surface area contributed by atoms with Crippen molar-refractivity contribution in [1.29, 1.82) is 0 Å². The van der Waals surface area contributed by atoms with Crippen LogP contribution in [0.15, 0.2) is 241 Å². The van der Waals surface area contributed by atoms with Gasteiger partial charge in [-0.3, -0.25) is 9.98 Å². The quantitative estimate of drug-likeness (QED) is 0.144. The van der Waals surface area contributed by atoms with Gasteiger partial charge in [0, 0.05) is 67.6 Å². The van der Waals surface area contributed by atoms with Crippen LogP contribution in [0.3, 0.4) is 0 Å². The number of aliphatic imine (C=N–C) groups is 2. The van der Waals surface area contributed by atoms with Gasteiger partial charge in [-0.25, -0.2) is 9.97 Å². The third-order valence-corrected chi connectivity index (χ3v) is 17.9. The zero-order chi connectivity index (χ0) is 54.7. The predicted octanol–water partition coefficient (Wildman–Crippen LogP) is 17.3. The number of aromatic nitrogens is 4. The van der Waals surface area contributed by atoms with Gasteiger partial charge < -0.3 is 18.9 Å². The summed E-state index contributed by atoms with van der Waals surface area (Å²) in [6, 6.07) is 78.7. The fraction of sp³-hybridized carbons (Fsp3) is 0.167. The average molecular weight is 1040 g/mol. The molecule has 0 radical (unpaired) electrons. The van der Waals surface area contributed by atoms with Crippen LogP contribution in [-0.4, -0.2) is 52.9 Å². The normalized spacial score (nSPS) is 16.2. The van der Waals surface area contributed by atoms with Gasteiger partial charge in [-0.05, 0) is 175 Å². The van der Waals surface area contributed by atoms with Crippen LogP contribution < -0.4 is 9.80 Å². The van der Waals surface area contributed by atoms with Crippen molar-refractivity contribution >= 4 is 66.9 Å². The molecular weight excluding hydrogens is 977 g/mol. The van der Waals surface area contributed by atoms with Crippen LogP contribution in [0.25, 0.3) is 88.4 Å². The number of hydrogen-bond donors (Lipinski definition) is 0. The second kappa shape index (κ2) is 18.1. The number of benzene rings is 8. The first-order chi connectivity index (χ1) is 38.7. The van der Waals surface area contributed by atoms with Crippen molar-refractivity contribution in [2.24, 2.45) is 9.98 Å². The van der Waals surface area contributed by atoms with Crippen molar-refractivity contribution < 1.29 is 0 Å². The van der Waals surface area contributed by atoms with Gasteiger partial charge in [0.15, 0.2) is 0 Å². The molecule has 0 aliphatic carbocycles. The summed E-state index contributed by atoms with van der Waals surface area (Å²) in [5.41, 5.74) is 14.4. The zero-order valence-corrected chi connectivity index (χ0v) is 46.5. The Hall–Kier alpha value is -9.40. The molecule has 0 fully saturated rings. The molecule has 6 heterocycles. The van der Waals surface area contributed by atoms with Crippen molar-refractivity contribution in [3.63, 3.8) is 0 Å². The van der Waals surface area contributed by atoms with Gasteiger partial charge in [0.25, 0.3) is 0 Å². The highest BCUT2D eigenvalue weighted by Crippen LogP contribution is 2.45. The number of rotatable bonds is 9. The first-order valence-electron chi connectivity index (χ1n) is 27.8. The van der Waals surface area contributed by atoms with Crippen LogP contribution in [0, 0.1) is 0 Å². The Kier molecular flexibility index (Phi) is 11.1. The maximum Gasteiger partial charge on any atom is 0.137 e. The van der Waals surface area contributed by atoms with Crippen LogP contribution >= 0.6 is 0 Å². The Morgan fingerprint density at radius 1 is 0.287 bits per heavy atom. The first-order valence-corrected chi connectivity index (χ1v) is 27.8. The van der Waals surface area contributed by atoms with Gasteiger partial charge >= 0.3 is 0 Å². The molecule has 2 aliphatic rings. The molecule has 8 nitrogen and oxygen atoms in total. The van der Waals surface area contributed by atoms with Crippen LogP contribution in [0.4, 0.5) is 11.6 Å². The van der Waals surface area contributed by atoms with Gasteiger partial charge in [0.1, 0.15) is 23.3 Å². The maximum atomic E-state index is 5.28. The second-order valence-electron chi connectivity index (χ2n) is 23.6. The zero-order valence-electron chi connectivity index (χ0n) is 46.5. The summed E-state index contributed by atoms with van der Waals surface area (Å²) in [4.78, 5) is 25.5. The molecule has 80 heavy (non-hydrogen) atoms. The molecule has 2 aliphatic heterocycles. The topological polar surface area (TPSA) is 66.8 Å². The number of pyridine rings is 2. The summed E-state index contributed by atoms with van der Waals surface area (Å²) in [5.74, 6) is 3.64. The summed E-state index contributed by atoms with van der Waals surface area (Å²) < 4.78 is 4.78. The van der Waals surface area contributed by atoms with E-state index in [1.165, 1.54) is 21.5 Å². The van der Waals surface area contributed by atoms with Crippen LogP contribution in [0.2, 0.25) is 0 Å². The molecule has 0 atom stereocenters. The predicted molar refractivity (Wildman–Crippen MR) is 334 cm³/mol. The number of para-hydroxylation sites is 2. The van der Waals surface area contributed by atoms with E-state index in [4.69, 9.17) is 20.0 Å². The van der Waals surface area contributed by atoms with Crippen molar-refractivity contribution in [3.8, 4) is 44.8 Å². The summed E-state index contributed by atoms with van der Waals surface area (Å²) in [5, 5.41) is 4.73. The lowest BCUT2D eigenvalue weighted by atomic mass is 9.83. The molecule has 0 unspecified atom stereocenters. The largest absolute Gasteiger partial charge is 0.309 e. The molecule has 0 amide bonds. The molecule has 14 rings (SSSR count). The lowest BCUT2D eigenvalue weighted by molar-refractivity contribution is 0.337. The number of hydrogen-bond acceptors (Lipinski definition) is 6. The molecule has 0 bridgehead atoms. The van der Waals surface area contributed by atoms with Crippen molar-refractivity contribution in [1.82, 2.24) is 19.1 Å². The Morgan fingerprint density at radius 2 is 0.575 bits per heavy atom. The number of amidine groups is 2.